The van der Waals surface area contributed by atoms with Crippen molar-refractivity contribution in [3.63, 3.8) is 0 Å². The Bertz CT molecular complexity index is 315. The van der Waals surface area contributed by atoms with Crippen molar-refractivity contribution in [2.24, 2.45) is 5.92 Å². The van der Waals surface area contributed by atoms with Gasteiger partial charge in [-0.1, -0.05) is 37.3 Å². The predicted molar refractivity (Wildman–Crippen MR) is 57.2 cm³/mol. The van der Waals surface area contributed by atoms with Crippen molar-refractivity contribution in [3.8, 4) is 0 Å². The molecule has 0 heterocycles. The first-order chi connectivity index (χ1) is 6.77. The SMILES string of the molecule is C[C@H]1CCC(=O)C[C@@H]1c1ccccc1. The molecule has 1 saturated carbocycles. The van der Waals surface area contributed by atoms with E-state index < -0.39 is 0 Å². The van der Waals surface area contributed by atoms with Crippen molar-refractivity contribution in [2.45, 2.75) is 32.1 Å². The standard InChI is InChI=1S/C13H16O/c1-10-7-8-12(14)9-13(10)11-5-3-2-4-6-11/h2-6,10,13H,7-9H2,1H3/t10-,13-/m0/s1. The molecule has 2 rings (SSSR count). The van der Waals surface area contributed by atoms with Crippen LogP contribution in [0.15, 0.2) is 30.3 Å². The van der Waals surface area contributed by atoms with Crippen molar-refractivity contribution in [1.82, 2.24) is 0 Å². The summed E-state index contributed by atoms with van der Waals surface area (Å²) in [6.45, 7) is 2.25. The fourth-order valence-corrected chi connectivity index (χ4v) is 2.28. The number of Topliss-reactive ketones (excluding diaryl/α,β-unsaturated/α-hetero) is 1. The van der Waals surface area contributed by atoms with Crippen LogP contribution < -0.4 is 0 Å². The second-order valence-electron chi connectivity index (χ2n) is 4.28. The first kappa shape index (κ1) is 9.45. The topological polar surface area (TPSA) is 17.1 Å². The van der Waals surface area contributed by atoms with Crippen LogP contribution in [-0.2, 0) is 4.79 Å². The van der Waals surface area contributed by atoms with Crippen LogP contribution >= 0.6 is 0 Å². The van der Waals surface area contributed by atoms with Gasteiger partial charge in [-0.15, -0.1) is 0 Å². The van der Waals surface area contributed by atoms with Gasteiger partial charge in [-0.05, 0) is 23.8 Å². The van der Waals surface area contributed by atoms with E-state index >= 15 is 0 Å². The Morgan fingerprint density at radius 1 is 1.21 bits per heavy atom. The summed E-state index contributed by atoms with van der Waals surface area (Å²) in [5.41, 5.74) is 1.33. The first-order valence-electron chi connectivity index (χ1n) is 5.34. The molecule has 1 nitrogen and oxygen atoms in total. The highest BCUT2D eigenvalue weighted by Gasteiger charge is 2.26. The molecule has 0 N–H and O–H groups in total. The quantitative estimate of drug-likeness (QED) is 0.661. The van der Waals surface area contributed by atoms with Gasteiger partial charge in [-0.3, -0.25) is 4.79 Å². The molecule has 0 bridgehead atoms. The Morgan fingerprint density at radius 2 is 1.93 bits per heavy atom. The predicted octanol–water partition coefficient (Wildman–Crippen LogP) is 3.16. The molecule has 1 aliphatic carbocycles. The van der Waals surface area contributed by atoms with E-state index in [1.54, 1.807) is 0 Å². The normalized spacial score (nSPS) is 27.6. The third-order valence-electron chi connectivity index (χ3n) is 3.24. The monoisotopic (exact) mass is 188 g/mol. The summed E-state index contributed by atoms with van der Waals surface area (Å²) in [7, 11) is 0. The summed E-state index contributed by atoms with van der Waals surface area (Å²) in [6.07, 6.45) is 2.58. The lowest BCUT2D eigenvalue weighted by molar-refractivity contribution is -0.121. The highest BCUT2D eigenvalue weighted by atomic mass is 16.1. The van der Waals surface area contributed by atoms with Crippen molar-refractivity contribution >= 4 is 5.78 Å². The molecule has 1 aromatic rings. The maximum absolute atomic E-state index is 11.4. The van der Waals surface area contributed by atoms with E-state index in [1.165, 1.54) is 5.56 Å². The van der Waals surface area contributed by atoms with Crippen LogP contribution in [0.2, 0.25) is 0 Å². The van der Waals surface area contributed by atoms with Gasteiger partial charge >= 0.3 is 0 Å². The van der Waals surface area contributed by atoms with Crippen molar-refractivity contribution in [1.29, 1.82) is 0 Å². The number of ketones is 1. The molecule has 0 spiro atoms. The molecule has 0 amide bonds. The smallest absolute Gasteiger partial charge is 0.133 e. The molecule has 0 radical (unpaired) electrons. The highest BCUT2D eigenvalue weighted by molar-refractivity contribution is 5.80. The maximum atomic E-state index is 11.4. The molecule has 0 aromatic heterocycles. The van der Waals surface area contributed by atoms with Gasteiger partial charge in [-0.25, -0.2) is 0 Å². The molecule has 1 aromatic carbocycles. The molecular formula is C13H16O. The lowest BCUT2D eigenvalue weighted by atomic mass is 9.76. The van der Waals surface area contributed by atoms with Crippen molar-refractivity contribution in [2.75, 3.05) is 0 Å². The number of hydrogen-bond donors (Lipinski definition) is 0. The number of benzene rings is 1. The Morgan fingerprint density at radius 3 is 2.64 bits per heavy atom. The van der Waals surface area contributed by atoms with Gasteiger partial charge in [0.2, 0.25) is 0 Å². The van der Waals surface area contributed by atoms with Crippen LogP contribution in [0, 0.1) is 5.92 Å². The van der Waals surface area contributed by atoms with Gasteiger partial charge in [0.05, 0.1) is 0 Å². The van der Waals surface area contributed by atoms with E-state index in [0.717, 1.165) is 19.3 Å². The average molecular weight is 188 g/mol. The largest absolute Gasteiger partial charge is 0.300 e. The molecule has 0 aliphatic heterocycles. The van der Waals surface area contributed by atoms with E-state index in [1.807, 2.05) is 6.07 Å². The third kappa shape index (κ3) is 1.87. The maximum Gasteiger partial charge on any atom is 0.133 e. The Balaban J connectivity index is 2.20. The van der Waals surface area contributed by atoms with Crippen LogP contribution in [0.3, 0.4) is 0 Å². The zero-order valence-corrected chi connectivity index (χ0v) is 8.57. The Kier molecular flexibility index (Phi) is 2.67. The lowest BCUT2D eigenvalue weighted by Crippen LogP contribution is -2.21. The van der Waals surface area contributed by atoms with Gasteiger partial charge in [0.25, 0.3) is 0 Å². The fourth-order valence-electron chi connectivity index (χ4n) is 2.28. The van der Waals surface area contributed by atoms with Crippen LogP contribution in [0.5, 0.6) is 0 Å². The zero-order chi connectivity index (χ0) is 9.97. The number of hydrogen-bond acceptors (Lipinski definition) is 1. The summed E-state index contributed by atoms with van der Waals surface area (Å²) < 4.78 is 0. The lowest BCUT2D eigenvalue weighted by Gasteiger charge is -2.28. The zero-order valence-electron chi connectivity index (χ0n) is 8.57. The van der Waals surface area contributed by atoms with Crippen LogP contribution in [0.25, 0.3) is 0 Å². The average Bonchev–Trinajstić information content (AvgIpc) is 2.23. The number of carbonyl (C=O) groups excluding carboxylic acids is 1. The summed E-state index contributed by atoms with van der Waals surface area (Å²) in [5, 5.41) is 0. The summed E-state index contributed by atoms with van der Waals surface area (Å²) in [6, 6.07) is 10.4. The van der Waals surface area contributed by atoms with E-state index in [-0.39, 0.29) is 0 Å². The minimum atomic E-state index is 0.428. The number of carbonyl (C=O) groups is 1. The summed E-state index contributed by atoms with van der Waals surface area (Å²) >= 11 is 0. The second-order valence-corrected chi connectivity index (χ2v) is 4.28. The van der Waals surface area contributed by atoms with Crippen LogP contribution in [0.4, 0.5) is 0 Å². The molecule has 1 heteroatoms. The van der Waals surface area contributed by atoms with E-state index in [4.69, 9.17) is 0 Å². The number of rotatable bonds is 1. The molecule has 1 fully saturated rings. The molecule has 0 saturated heterocycles. The molecule has 74 valence electrons. The Labute approximate surface area is 85.1 Å². The van der Waals surface area contributed by atoms with Crippen molar-refractivity contribution < 1.29 is 4.79 Å². The third-order valence-corrected chi connectivity index (χ3v) is 3.24. The fraction of sp³-hybridized carbons (Fsp3) is 0.462. The van der Waals surface area contributed by atoms with Gasteiger partial charge in [-0.2, -0.15) is 0 Å². The molecule has 1 aliphatic rings. The van der Waals surface area contributed by atoms with Gasteiger partial charge in [0.1, 0.15) is 5.78 Å². The van der Waals surface area contributed by atoms with Crippen LogP contribution in [-0.4, -0.2) is 5.78 Å². The van der Waals surface area contributed by atoms with Gasteiger partial charge in [0.15, 0.2) is 0 Å². The van der Waals surface area contributed by atoms with Crippen molar-refractivity contribution in [3.05, 3.63) is 35.9 Å². The minimum Gasteiger partial charge on any atom is -0.300 e. The first-order valence-corrected chi connectivity index (χ1v) is 5.34. The van der Waals surface area contributed by atoms with Gasteiger partial charge in [0, 0.05) is 12.8 Å². The highest BCUT2D eigenvalue weighted by Crippen LogP contribution is 2.35. The second kappa shape index (κ2) is 3.95. The Hall–Kier alpha value is -1.11. The summed E-state index contributed by atoms with van der Waals surface area (Å²) in [4.78, 5) is 11.4. The van der Waals surface area contributed by atoms with E-state index in [0.29, 0.717) is 17.6 Å². The van der Waals surface area contributed by atoms with E-state index in [2.05, 4.69) is 31.2 Å². The molecule has 14 heavy (non-hydrogen) atoms. The summed E-state index contributed by atoms with van der Waals surface area (Å²) in [5.74, 6) is 1.53. The molecular weight excluding hydrogens is 172 g/mol. The van der Waals surface area contributed by atoms with E-state index in [9.17, 15) is 4.79 Å². The van der Waals surface area contributed by atoms with Gasteiger partial charge < -0.3 is 0 Å². The minimum absolute atomic E-state index is 0.428. The molecule has 0 unspecified atom stereocenters. The molecule has 2 atom stereocenters. The van der Waals surface area contributed by atoms with Crippen LogP contribution in [0.1, 0.15) is 37.7 Å².